The molecule has 1 aliphatic heterocycles. The number of aromatic nitrogens is 3. The summed E-state index contributed by atoms with van der Waals surface area (Å²) in [5, 5.41) is 4.09. The quantitative estimate of drug-likeness (QED) is 0.821. The van der Waals surface area contributed by atoms with Crippen LogP contribution >= 0.6 is 0 Å². The van der Waals surface area contributed by atoms with E-state index in [4.69, 9.17) is 4.74 Å². The number of ether oxygens (including phenoxy) is 1. The Labute approximate surface area is 141 Å². The molecule has 2 aromatic rings. The Hall–Kier alpha value is -2.25. The maximum absolute atomic E-state index is 12.7. The molecule has 3 rings (SSSR count). The second kappa shape index (κ2) is 8.03. The Bertz CT molecular complexity index is 642. The molecule has 0 radical (unpaired) electrons. The molecule has 0 unspecified atom stereocenters. The summed E-state index contributed by atoms with van der Waals surface area (Å²) >= 11 is 0. The zero-order valence-corrected chi connectivity index (χ0v) is 14.0. The monoisotopic (exact) mass is 329 g/mol. The highest BCUT2D eigenvalue weighted by molar-refractivity contribution is 5.94. The van der Waals surface area contributed by atoms with E-state index in [-0.39, 0.29) is 5.91 Å². The molecule has 1 fully saturated rings. The normalized spacial score (nSPS) is 16.1. The molecule has 0 aliphatic carbocycles. The highest BCUT2D eigenvalue weighted by atomic mass is 16.5. The Kier molecular flexibility index (Phi) is 5.55. The molecule has 0 bridgehead atoms. The van der Waals surface area contributed by atoms with Crippen molar-refractivity contribution < 1.29 is 9.53 Å². The minimum absolute atomic E-state index is 0.0914. The molecule has 1 aromatic heterocycles. The van der Waals surface area contributed by atoms with Crippen LogP contribution in [0.1, 0.15) is 16.8 Å². The van der Waals surface area contributed by atoms with Crippen molar-refractivity contribution in [2.45, 2.75) is 6.42 Å². The van der Waals surface area contributed by atoms with Gasteiger partial charge in [-0.25, -0.2) is 9.67 Å². The standard InChI is InChI=1S/C17H23N5O2/c1-24-12-11-20-7-2-8-21(10-9-20)17(23)15-3-5-16(6-4-15)22-14-18-13-19-22/h3-6,13-14H,2,7-12H2,1H3. The maximum Gasteiger partial charge on any atom is 0.253 e. The summed E-state index contributed by atoms with van der Waals surface area (Å²) in [6.45, 7) is 5.12. The molecule has 128 valence electrons. The first-order chi connectivity index (χ1) is 11.8. The molecule has 7 nitrogen and oxygen atoms in total. The predicted octanol–water partition coefficient (Wildman–Crippen LogP) is 1.06. The Balaban J connectivity index is 1.61. The van der Waals surface area contributed by atoms with Crippen molar-refractivity contribution in [1.82, 2.24) is 24.6 Å². The SMILES string of the molecule is COCCN1CCCN(C(=O)c2ccc(-n3cncn3)cc2)CC1. The van der Waals surface area contributed by atoms with Crippen LogP contribution in [0.15, 0.2) is 36.9 Å². The fourth-order valence-corrected chi connectivity index (χ4v) is 2.90. The van der Waals surface area contributed by atoms with E-state index < -0.39 is 0 Å². The number of carbonyl (C=O) groups is 1. The van der Waals surface area contributed by atoms with E-state index in [1.807, 2.05) is 29.2 Å². The third-order valence-corrected chi connectivity index (χ3v) is 4.28. The Morgan fingerprint density at radius 3 is 2.71 bits per heavy atom. The number of nitrogens with zero attached hydrogens (tertiary/aromatic N) is 5. The lowest BCUT2D eigenvalue weighted by atomic mass is 10.1. The molecule has 1 aliphatic rings. The summed E-state index contributed by atoms with van der Waals surface area (Å²) in [7, 11) is 1.72. The van der Waals surface area contributed by atoms with Crippen molar-refractivity contribution in [3.63, 3.8) is 0 Å². The lowest BCUT2D eigenvalue weighted by Gasteiger charge is -2.22. The maximum atomic E-state index is 12.7. The molecule has 0 saturated carbocycles. The van der Waals surface area contributed by atoms with Gasteiger partial charge in [0.2, 0.25) is 0 Å². The first-order valence-corrected chi connectivity index (χ1v) is 8.23. The molecule has 24 heavy (non-hydrogen) atoms. The zero-order valence-electron chi connectivity index (χ0n) is 14.0. The first kappa shape index (κ1) is 16.6. The van der Waals surface area contributed by atoms with E-state index in [1.165, 1.54) is 6.33 Å². The van der Waals surface area contributed by atoms with E-state index >= 15 is 0 Å². The largest absolute Gasteiger partial charge is 0.383 e. The summed E-state index contributed by atoms with van der Waals surface area (Å²) in [4.78, 5) is 20.9. The summed E-state index contributed by atoms with van der Waals surface area (Å²) in [5.74, 6) is 0.0914. The third-order valence-electron chi connectivity index (χ3n) is 4.28. The second-order valence-corrected chi connectivity index (χ2v) is 5.87. The van der Waals surface area contributed by atoms with Crippen LogP contribution in [0, 0.1) is 0 Å². The Morgan fingerprint density at radius 1 is 1.17 bits per heavy atom. The highest BCUT2D eigenvalue weighted by Crippen LogP contribution is 2.12. The van der Waals surface area contributed by atoms with Crippen molar-refractivity contribution in [2.75, 3.05) is 46.4 Å². The van der Waals surface area contributed by atoms with Crippen LogP contribution in [-0.2, 0) is 4.74 Å². The fraction of sp³-hybridized carbons (Fsp3) is 0.471. The van der Waals surface area contributed by atoms with Crippen molar-refractivity contribution in [1.29, 1.82) is 0 Å². The lowest BCUT2D eigenvalue weighted by Crippen LogP contribution is -2.36. The molecular weight excluding hydrogens is 306 g/mol. The minimum atomic E-state index is 0.0914. The molecule has 7 heteroatoms. The molecular formula is C17H23N5O2. The first-order valence-electron chi connectivity index (χ1n) is 8.23. The van der Waals surface area contributed by atoms with Gasteiger partial charge in [-0.3, -0.25) is 9.69 Å². The van der Waals surface area contributed by atoms with Crippen molar-refractivity contribution in [3.05, 3.63) is 42.5 Å². The average molecular weight is 329 g/mol. The van der Waals surface area contributed by atoms with Crippen molar-refractivity contribution in [3.8, 4) is 5.69 Å². The summed E-state index contributed by atoms with van der Waals surface area (Å²) < 4.78 is 6.81. The number of methoxy groups -OCH3 is 1. The van der Waals surface area contributed by atoms with Gasteiger partial charge in [0, 0.05) is 38.9 Å². The second-order valence-electron chi connectivity index (χ2n) is 5.87. The molecule has 0 N–H and O–H groups in total. The molecule has 1 aromatic carbocycles. The fourth-order valence-electron chi connectivity index (χ4n) is 2.90. The van der Waals surface area contributed by atoms with Crippen LogP contribution in [0.3, 0.4) is 0 Å². The summed E-state index contributed by atoms with van der Waals surface area (Å²) in [6, 6.07) is 7.50. The van der Waals surface area contributed by atoms with Gasteiger partial charge >= 0.3 is 0 Å². The molecule has 0 spiro atoms. The smallest absolute Gasteiger partial charge is 0.253 e. The van der Waals surface area contributed by atoms with Crippen molar-refractivity contribution in [2.24, 2.45) is 0 Å². The Morgan fingerprint density at radius 2 is 2.00 bits per heavy atom. The van der Waals surface area contributed by atoms with Gasteiger partial charge in [0.1, 0.15) is 12.7 Å². The van der Waals surface area contributed by atoms with Gasteiger partial charge in [0.15, 0.2) is 0 Å². The van der Waals surface area contributed by atoms with Crippen LogP contribution < -0.4 is 0 Å². The van der Waals surface area contributed by atoms with Gasteiger partial charge in [0.25, 0.3) is 5.91 Å². The van der Waals surface area contributed by atoms with Gasteiger partial charge in [0.05, 0.1) is 12.3 Å². The van der Waals surface area contributed by atoms with Crippen LogP contribution in [0.5, 0.6) is 0 Å². The van der Waals surface area contributed by atoms with Crippen LogP contribution in [0.25, 0.3) is 5.69 Å². The van der Waals surface area contributed by atoms with E-state index in [2.05, 4.69) is 15.0 Å². The van der Waals surface area contributed by atoms with Crippen LogP contribution in [0.4, 0.5) is 0 Å². The van der Waals surface area contributed by atoms with E-state index in [9.17, 15) is 4.79 Å². The van der Waals surface area contributed by atoms with Gasteiger partial charge in [-0.05, 0) is 37.2 Å². The number of benzene rings is 1. The topological polar surface area (TPSA) is 63.5 Å². The average Bonchev–Trinajstić information content (AvgIpc) is 3.06. The highest BCUT2D eigenvalue weighted by Gasteiger charge is 2.20. The van der Waals surface area contributed by atoms with Gasteiger partial charge in [-0.15, -0.1) is 0 Å². The number of carbonyl (C=O) groups excluding carboxylic acids is 1. The zero-order chi connectivity index (χ0) is 16.8. The van der Waals surface area contributed by atoms with Gasteiger partial charge in [-0.1, -0.05) is 0 Å². The number of amides is 1. The molecule has 1 saturated heterocycles. The van der Waals surface area contributed by atoms with E-state index in [0.29, 0.717) is 5.56 Å². The van der Waals surface area contributed by atoms with Gasteiger partial charge < -0.3 is 9.64 Å². The lowest BCUT2D eigenvalue weighted by molar-refractivity contribution is 0.0759. The third kappa shape index (κ3) is 3.98. The summed E-state index contributed by atoms with van der Waals surface area (Å²) in [5.41, 5.74) is 1.61. The van der Waals surface area contributed by atoms with Crippen LogP contribution in [-0.4, -0.2) is 76.9 Å². The molecule has 2 heterocycles. The van der Waals surface area contributed by atoms with E-state index in [1.54, 1.807) is 18.1 Å². The molecule has 1 amide bonds. The number of hydrogen-bond acceptors (Lipinski definition) is 5. The summed E-state index contributed by atoms with van der Waals surface area (Å²) in [6.07, 6.45) is 4.12. The number of hydrogen-bond donors (Lipinski definition) is 0. The minimum Gasteiger partial charge on any atom is -0.383 e. The van der Waals surface area contributed by atoms with Crippen LogP contribution in [0.2, 0.25) is 0 Å². The number of rotatable bonds is 5. The van der Waals surface area contributed by atoms with Gasteiger partial charge in [-0.2, -0.15) is 5.10 Å². The predicted molar refractivity (Wildman–Crippen MR) is 90.2 cm³/mol. The molecule has 0 atom stereocenters. The van der Waals surface area contributed by atoms with Crippen molar-refractivity contribution >= 4 is 5.91 Å². The van der Waals surface area contributed by atoms with E-state index in [0.717, 1.165) is 51.4 Å².